The lowest BCUT2D eigenvalue weighted by Gasteiger charge is -2.08. The van der Waals surface area contributed by atoms with Crippen molar-refractivity contribution in [2.75, 3.05) is 0 Å². The summed E-state index contributed by atoms with van der Waals surface area (Å²) in [6.45, 7) is 9.13. The molecule has 0 radical (unpaired) electrons. The first kappa shape index (κ1) is 12.4. The monoisotopic (exact) mass is 244 g/mol. The lowest BCUT2D eigenvalue weighted by molar-refractivity contribution is 0.810. The first-order valence-electron chi connectivity index (χ1n) is 6.28. The molecule has 0 bridgehead atoms. The summed E-state index contributed by atoms with van der Waals surface area (Å²) in [4.78, 5) is 2.94. The summed E-state index contributed by atoms with van der Waals surface area (Å²) < 4.78 is 0. The minimum absolute atomic E-state index is 0.612. The molecule has 0 nitrogen and oxygen atoms in total. The van der Waals surface area contributed by atoms with Crippen molar-refractivity contribution >= 4 is 11.3 Å². The summed E-state index contributed by atoms with van der Waals surface area (Å²) >= 11 is 1.95. The number of thiophene rings is 1. The van der Waals surface area contributed by atoms with E-state index in [2.05, 4.69) is 64.1 Å². The third-order valence-corrected chi connectivity index (χ3v) is 4.50. The van der Waals surface area contributed by atoms with E-state index in [4.69, 9.17) is 0 Å². The molecule has 17 heavy (non-hydrogen) atoms. The van der Waals surface area contributed by atoms with Gasteiger partial charge in [0.1, 0.15) is 0 Å². The van der Waals surface area contributed by atoms with E-state index in [1.807, 2.05) is 11.3 Å². The molecule has 1 heteroatoms. The quantitative estimate of drug-likeness (QED) is 0.653. The van der Waals surface area contributed by atoms with Crippen molar-refractivity contribution < 1.29 is 0 Å². The van der Waals surface area contributed by atoms with Gasteiger partial charge in [-0.1, -0.05) is 58.0 Å². The molecule has 0 atom stereocenters. The summed E-state index contributed by atoms with van der Waals surface area (Å²) in [5.41, 5.74) is 2.86. The molecule has 0 aliphatic rings. The van der Waals surface area contributed by atoms with Gasteiger partial charge >= 0.3 is 0 Å². The molecular weight excluding hydrogens is 224 g/mol. The normalized spacial score (nSPS) is 11.4. The maximum atomic E-state index is 2.38. The minimum atomic E-state index is 0.612. The Bertz CT molecular complexity index is 452. The van der Waals surface area contributed by atoms with Crippen LogP contribution in [0.3, 0.4) is 0 Å². The first-order valence-corrected chi connectivity index (χ1v) is 7.10. The third kappa shape index (κ3) is 2.61. The van der Waals surface area contributed by atoms with E-state index in [1.165, 1.54) is 16.0 Å². The van der Waals surface area contributed by atoms with Gasteiger partial charge in [0.2, 0.25) is 0 Å². The molecule has 0 fully saturated rings. The molecule has 0 saturated carbocycles. The average molecular weight is 244 g/mol. The van der Waals surface area contributed by atoms with E-state index in [1.54, 1.807) is 4.88 Å². The van der Waals surface area contributed by atoms with Crippen molar-refractivity contribution in [3.8, 4) is 10.4 Å². The van der Waals surface area contributed by atoms with Crippen molar-refractivity contribution in [3.63, 3.8) is 0 Å². The van der Waals surface area contributed by atoms with Gasteiger partial charge < -0.3 is 0 Å². The summed E-state index contributed by atoms with van der Waals surface area (Å²) in [5.74, 6) is 1.23. The number of hydrogen-bond donors (Lipinski definition) is 0. The predicted octanol–water partition coefficient (Wildman–Crippen LogP) is 5.66. The molecule has 90 valence electrons. The Balaban J connectivity index is 2.48. The van der Waals surface area contributed by atoms with Crippen molar-refractivity contribution in [1.29, 1.82) is 0 Å². The van der Waals surface area contributed by atoms with Crippen LogP contribution in [0.15, 0.2) is 36.4 Å². The number of benzene rings is 1. The summed E-state index contributed by atoms with van der Waals surface area (Å²) in [5, 5.41) is 0. The highest BCUT2D eigenvalue weighted by molar-refractivity contribution is 7.15. The van der Waals surface area contributed by atoms with Gasteiger partial charge in [-0.3, -0.25) is 0 Å². The molecule has 1 heterocycles. The molecule has 0 unspecified atom stereocenters. The van der Waals surface area contributed by atoms with E-state index >= 15 is 0 Å². The molecular formula is C16H20S. The SMILES string of the molecule is CC(C)c1cc(-c2ccccc2)sc1C(C)C. The van der Waals surface area contributed by atoms with E-state index < -0.39 is 0 Å². The van der Waals surface area contributed by atoms with Gasteiger partial charge in [-0.05, 0) is 29.0 Å². The Morgan fingerprint density at radius 3 is 2.00 bits per heavy atom. The fourth-order valence-electron chi connectivity index (χ4n) is 2.07. The molecule has 2 aromatic rings. The number of rotatable bonds is 3. The third-order valence-electron chi connectivity index (χ3n) is 3.00. The maximum absolute atomic E-state index is 2.38. The van der Waals surface area contributed by atoms with Crippen molar-refractivity contribution in [2.45, 2.75) is 39.5 Å². The second kappa shape index (κ2) is 5.05. The zero-order chi connectivity index (χ0) is 12.4. The first-order chi connectivity index (χ1) is 8.09. The van der Waals surface area contributed by atoms with E-state index in [0.29, 0.717) is 11.8 Å². The molecule has 2 rings (SSSR count). The molecule has 0 saturated heterocycles. The summed E-state index contributed by atoms with van der Waals surface area (Å²) in [6, 6.07) is 13.1. The van der Waals surface area contributed by atoms with Crippen LogP contribution in [-0.4, -0.2) is 0 Å². The molecule has 0 N–H and O–H groups in total. The van der Waals surface area contributed by atoms with Crippen LogP contribution in [0.5, 0.6) is 0 Å². The van der Waals surface area contributed by atoms with Crippen molar-refractivity contribution in [1.82, 2.24) is 0 Å². The summed E-state index contributed by atoms with van der Waals surface area (Å²) in [7, 11) is 0. The zero-order valence-electron chi connectivity index (χ0n) is 11.0. The second-order valence-electron chi connectivity index (χ2n) is 5.11. The molecule has 0 amide bonds. The lowest BCUT2D eigenvalue weighted by Crippen LogP contribution is -1.91. The fraction of sp³-hybridized carbons (Fsp3) is 0.375. The van der Waals surface area contributed by atoms with Crippen LogP contribution in [0.25, 0.3) is 10.4 Å². The molecule has 1 aromatic carbocycles. The van der Waals surface area contributed by atoms with Crippen LogP contribution in [0.4, 0.5) is 0 Å². The van der Waals surface area contributed by atoms with Crippen LogP contribution in [0, 0.1) is 0 Å². The Labute approximate surface area is 108 Å². The van der Waals surface area contributed by atoms with Crippen molar-refractivity contribution in [3.05, 3.63) is 46.8 Å². The number of hydrogen-bond acceptors (Lipinski definition) is 1. The van der Waals surface area contributed by atoms with Crippen molar-refractivity contribution in [2.24, 2.45) is 0 Å². The topological polar surface area (TPSA) is 0 Å². The second-order valence-corrected chi connectivity index (χ2v) is 6.19. The van der Waals surface area contributed by atoms with Crippen LogP contribution in [0.2, 0.25) is 0 Å². The maximum Gasteiger partial charge on any atom is 0.0348 e. The van der Waals surface area contributed by atoms with Crippen LogP contribution in [0.1, 0.15) is 50.0 Å². The predicted molar refractivity (Wildman–Crippen MR) is 77.9 cm³/mol. The fourth-order valence-corrected chi connectivity index (χ4v) is 3.39. The lowest BCUT2D eigenvalue weighted by atomic mass is 9.98. The Morgan fingerprint density at radius 2 is 1.53 bits per heavy atom. The average Bonchev–Trinajstić information content (AvgIpc) is 2.75. The minimum Gasteiger partial charge on any atom is -0.140 e. The van der Waals surface area contributed by atoms with E-state index in [-0.39, 0.29) is 0 Å². The highest BCUT2D eigenvalue weighted by Crippen LogP contribution is 2.38. The van der Waals surface area contributed by atoms with Crippen LogP contribution in [-0.2, 0) is 0 Å². The summed E-state index contributed by atoms with van der Waals surface area (Å²) in [6.07, 6.45) is 0. The van der Waals surface area contributed by atoms with Gasteiger partial charge in [0, 0.05) is 9.75 Å². The van der Waals surface area contributed by atoms with Crippen LogP contribution < -0.4 is 0 Å². The van der Waals surface area contributed by atoms with Gasteiger partial charge in [-0.15, -0.1) is 11.3 Å². The Kier molecular flexibility index (Phi) is 3.68. The smallest absolute Gasteiger partial charge is 0.0348 e. The molecule has 0 spiro atoms. The zero-order valence-corrected chi connectivity index (χ0v) is 11.8. The highest BCUT2D eigenvalue weighted by atomic mass is 32.1. The standard InChI is InChI=1S/C16H20S/c1-11(2)14-10-15(17-16(14)12(3)4)13-8-6-5-7-9-13/h5-12H,1-4H3. The Hall–Kier alpha value is -1.08. The Morgan fingerprint density at radius 1 is 0.882 bits per heavy atom. The van der Waals surface area contributed by atoms with E-state index in [9.17, 15) is 0 Å². The molecule has 1 aromatic heterocycles. The van der Waals surface area contributed by atoms with Gasteiger partial charge in [0.25, 0.3) is 0 Å². The van der Waals surface area contributed by atoms with Gasteiger partial charge in [-0.2, -0.15) is 0 Å². The van der Waals surface area contributed by atoms with Crippen LogP contribution >= 0.6 is 11.3 Å². The van der Waals surface area contributed by atoms with E-state index in [0.717, 1.165) is 0 Å². The largest absolute Gasteiger partial charge is 0.140 e. The molecule has 0 aliphatic carbocycles. The van der Waals surface area contributed by atoms with Gasteiger partial charge in [0.05, 0.1) is 0 Å². The highest BCUT2D eigenvalue weighted by Gasteiger charge is 2.15. The molecule has 0 aliphatic heterocycles. The van der Waals surface area contributed by atoms with Gasteiger partial charge in [0.15, 0.2) is 0 Å². The van der Waals surface area contributed by atoms with Gasteiger partial charge in [-0.25, -0.2) is 0 Å².